The van der Waals surface area contributed by atoms with Gasteiger partial charge in [-0.05, 0) is 31.2 Å². The van der Waals surface area contributed by atoms with Crippen molar-refractivity contribution in [2.45, 2.75) is 110 Å². The summed E-state index contributed by atoms with van der Waals surface area (Å²) in [6, 6.07) is 6.52. The topological polar surface area (TPSA) is 156 Å². The molecule has 0 aliphatic carbocycles. The molecular weight excluding hydrogens is 666 g/mol. The van der Waals surface area contributed by atoms with Crippen molar-refractivity contribution in [1.29, 1.82) is 0 Å². The molecule has 0 bridgehead atoms. The van der Waals surface area contributed by atoms with Crippen molar-refractivity contribution in [2.75, 3.05) is 48.5 Å². The number of nitrogens with zero attached hydrogens (tertiary/aromatic N) is 2. The average molecular weight is 732 g/mol. The minimum Gasteiger partial charge on any atom is -0.380 e. The largest absolute Gasteiger partial charge is 0.380 e. The fourth-order valence-corrected chi connectivity index (χ4v) is 7.26. The summed E-state index contributed by atoms with van der Waals surface area (Å²) in [5.74, 6) is -2.22. The highest BCUT2D eigenvalue weighted by molar-refractivity contribution is 5.99. The molecule has 13 heteroatoms. The Labute approximate surface area is 311 Å². The number of likely N-dealkylation sites (tertiary alicyclic amines) is 1. The quantitative estimate of drug-likeness (QED) is 0.162. The highest BCUT2D eigenvalue weighted by Crippen LogP contribution is 2.31. The molecule has 1 heterocycles. The Kier molecular flexibility index (Phi) is 18.4. The van der Waals surface area contributed by atoms with Gasteiger partial charge in [-0.1, -0.05) is 85.2 Å². The molecule has 0 radical (unpaired) electrons. The Morgan fingerprint density at radius 1 is 0.904 bits per heavy atom. The van der Waals surface area contributed by atoms with Gasteiger partial charge in [-0.3, -0.25) is 24.0 Å². The summed E-state index contributed by atoms with van der Waals surface area (Å²) in [4.78, 5) is 70.9. The molecule has 0 spiro atoms. The minimum absolute atomic E-state index is 0.0217. The second-order valence-electron chi connectivity index (χ2n) is 14.7. The Balaban J connectivity index is 2.30. The number of ketones is 1. The Bertz CT molecular complexity index is 1310. The van der Waals surface area contributed by atoms with Gasteiger partial charge in [0.25, 0.3) is 0 Å². The van der Waals surface area contributed by atoms with Gasteiger partial charge in [0, 0.05) is 40.5 Å². The van der Waals surface area contributed by atoms with Gasteiger partial charge in [-0.2, -0.15) is 0 Å². The van der Waals surface area contributed by atoms with Crippen LogP contribution in [0.4, 0.5) is 0 Å². The van der Waals surface area contributed by atoms with Crippen LogP contribution in [0.15, 0.2) is 30.3 Å². The first-order valence-electron chi connectivity index (χ1n) is 18.6. The molecule has 4 amide bonds. The van der Waals surface area contributed by atoms with Crippen LogP contribution in [-0.4, -0.2) is 130 Å². The summed E-state index contributed by atoms with van der Waals surface area (Å²) in [6.45, 7) is 13.6. The first kappa shape index (κ1) is 44.8. The van der Waals surface area contributed by atoms with Crippen molar-refractivity contribution in [3.8, 4) is 0 Å². The lowest BCUT2D eigenvalue weighted by molar-refractivity contribution is -0.147. The van der Waals surface area contributed by atoms with Crippen molar-refractivity contribution in [1.82, 2.24) is 25.8 Å². The van der Waals surface area contributed by atoms with E-state index in [-0.39, 0.29) is 66.2 Å². The highest BCUT2D eigenvalue weighted by atomic mass is 16.5. The van der Waals surface area contributed by atoms with Crippen LogP contribution in [0.25, 0.3) is 0 Å². The monoisotopic (exact) mass is 731 g/mol. The lowest BCUT2D eigenvalue weighted by Gasteiger charge is -2.41. The third-order valence-corrected chi connectivity index (χ3v) is 10.6. The number of Topliss-reactive ketones (excluding diaryl/α,β-unsaturated/α-hetero) is 1. The second kappa shape index (κ2) is 21.3. The maximum atomic E-state index is 14.3. The maximum Gasteiger partial charge on any atom is 0.245 e. The molecule has 9 atom stereocenters. The summed E-state index contributed by atoms with van der Waals surface area (Å²) >= 11 is 0. The number of hydrogen-bond donors (Lipinski definition) is 3. The predicted octanol–water partition coefficient (Wildman–Crippen LogP) is 2.92. The zero-order valence-electron chi connectivity index (χ0n) is 33.4. The number of amides is 4. The van der Waals surface area contributed by atoms with Crippen molar-refractivity contribution in [3.05, 3.63) is 35.9 Å². The van der Waals surface area contributed by atoms with E-state index in [4.69, 9.17) is 14.2 Å². The summed E-state index contributed by atoms with van der Waals surface area (Å²) in [7, 11) is 8.06. The summed E-state index contributed by atoms with van der Waals surface area (Å²) in [6.07, 6.45) is -0.506. The molecule has 2 rings (SSSR count). The van der Waals surface area contributed by atoms with E-state index in [0.29, 0.717) is 24.9 Å². The Hall–Kier alpha value is -3.39. The van der Waals surface area contributed by atoms with Crippen molar-refractivity contribution < 1.29 is 38.2 Å². The van der Waals surface area contributed by atoms with E-state index in [1.165, 1.54) is 14.2 Å². The molecule has 0 aromatic heterocycles. The molecule has 1 aliphatic heterocycles. The Morgan fingerprint density at radius 2 is 1.52 bits per heavy atom. The van der Waals surface area contributed by atoms with E-state index in [1.807, 2.05) is 47.6 Å². The van der Waals surface area contributed by atoms with E-state index in [2.05, 4.69) is 16.0 Å². The SMILES string of the molecule is CCC(C)C([C@@H](CC(=O)N1C[C@H](OC)C[C@H]1[C@H](OC)[C@@H](C)C(=O)NCC(=O)c1ccccc1)OC)N(C)C(=O)[C@@H](NC(=O)[C@@H](NC)C(C)C)C(C)C. The molecule has 13 nitrogen and oxygen atoms in total. The first-order valence-corrected chi connectivity index (χ1v) is 18.6. The van der Waals surface area contributed by atoms with Crippen LogP contribution in [0.3, 0.4) is 0 Å². The van der Waals surface area contributed by atoms with Crippen LogP contribution >= 0.6 is 0 Å². The normalized spacial score (nSPS) is 20.1. The van der Waals surface area contributed by atoms with Gasteiger partial charge in [0.05, 0.1) is 55.3 Å². The molecule has 1 aromatic rings. The summed E-state index contributed by atoms with van der Waals surface area (Å²) in [5, 5.41) is 8.75. The number of nitrogens with one attached hydrogen (secondary N) is 3. The van der Waals surface area contributed by atoms with Crippen molar-refractivity contribution in [3.63, 3.8) is 0 Å². The van der Waals surface area contributed by atoms with E-state index in [1.54, 1.807) is 62.2 Å². The molecule has 3 N–H and O–H groups in total. The number of ether oxygens (including phenoxy) is 3. The number of rotatable bonds is 21. The maximum absolute atomic E-state index is 14.3. The van der Waals surface area contributed by atoms with Gasteiger partial charge in [-0.15, -0.1) is 0 Å². The number of methoxy groups -OCH3 is 3. The molecule has 52 heavy (non-hydrogen) atoms. The molecule has 1 fully saturated rings. The van der Waals surface area contributed by atoms with E-state index >= 15 is 0 Å². The lowest BCUT2D eigenvalue weighted by Crippen LogP contribution is -2.59. The van der Waals surface area contributed by atoms with Crippen LogP contribution in [-0.2, 0) is 33.4 Å². The Morgan fingerprint density at radius 3 is 2.02 bits per heavy atom. The van der Waals surface area contributed by atoms with Gasteiger partial charge in [-0.25, -0.2) is 0 Å². The number of likely N-dealkylation sites (N-methyl/N-ethyl adjacent to an activating group) is 2. The van der Waals surface area contributed by atoms with Gasteiger partial charge >= 0.3 is 0 Å². The first-order chi connectivity index (χ1) is 24.6. The average Bonchev–Trinajstić information content (AvgIpc) is 3.56. The summed E-state index contributed by atoms with van der Waals surface area (Å²) < 4.78 is 17.6. The van der Waals surface area contributed by atoms with Crippen molar-refractivity contribution in [2.24, 2.45) is 23.7 Å². The van der Waals surface area contributed by atoms with Gasteiger partial charge in [0.2, 0.25) is 23.6 Å². The van der Waals surface area contributed by atoms with Gasteiger partial charge < -0.3 is 40.0 Å². The van der Waals surface area contributed by atoms with Crippen LogP contribution in [0.2, 0.25) is 0 Å². The smallest absolute Gasteiger partial charge is 0.245 e. The molecule has 2 unspecified atom stereocenters. The van der Waals surface area contributed by atoms with Crippen LogP contribution in [0, 0.1) is 23.7 Å². The van der Waals surface area contributed by atoms with Crippen LogP contribution in [0.5, 0.6) is 0 Å². The number of carbonyl (C=O) groups is 5. The van der Waals surface area contributed by atoms with Crippen LogP contribution < -0.4 is 16.0 Å². The van der Waals surface area contributed by atoms with Gasteiger partial charge in [0.1, 0.15) is 6.04 Å². The second-order valence-corrected chi connectivity index (χ2v) is 14.7. The molecule has 294 valence electrons. The van der Waals surface area contributed by atoms with Crippen LogP contribution in [0.1, 0.15) is 78.1 Å². The molecular formula is C39H65N5O8. The van der Waals surface area contributed by atoms with Gasteiger partial charge in [0.15, 0.2) is 5.78 Å². The van der Waals surface area contributed by atoms with Crippen molar-refractivity contribution >= 4 is 29.4 Å². The van der Waals surface area contributed by atoms with E-state index < -0.39 is 42.3 Å². The zero-order chi connectivity index (χ0) is 39.3. The minimum atomic E-state index is -0.782. The van der Waals surface area contributed by atoms with E-state index in [9.17, 15) is 24.0 Å². The highest BCUT2D eigenvalue weighted by Gasteiger charge is 2.45. The number of hydrogen-bond acceptors (Lipinski definition) is 9. The molecule has 0 saturated carbocycles. The standard InChI is InChI=1S/C39H65N5O8/c1-13-25(6)35(43(9)39(49)34(24(4)5)42-38(48)33(40-8)23(2)3)31(51-11)20-32(46)44-22-28(50-10)19-29(44)36(52-12)26(7)37(47)41-21-30(45)27-17-15-14-16-18-27/h14-18,23-26,28-29,31,33-36,40H,13,19-22H2,1-12H3,(H,41,47)(H,42,48)/t25?,26-,28-,29+,31-,33+,34+,35?,36-/m1/s1. The molecule has 1 aliphatic rings. The third kappa shape index (κ3) is 11.6. The predicted molar refractivity (Wildman–Crippen MR) is 201 cm³/mol. The zero-order valence-corrected chi connectivity index (χ0v) is 33.4. The fourth-order valence-electron chi connectivity index (χ4n) is 7.26. The molecule has 1 aromatic carbocycles. The van der Waals surface area contributed by atoms with E-state index in [0.717, 1.165) is 0 Å². The number of benzene rings is 1. The molecule has 1 saturated heterocycles. The fraction of sp³-hybridized carbons (Fsp3) is 0.718. The lowest BCUT2D eigenvalue weighted by atomic mass is 9.89. The number of carbonyl (C=O) groups excluding carboxylic acids is 5. The third-order valence-electron chi connectivity index (χ3n) is 10.6. The summed E-state index contributed by atoms with van der Waals surface area (Å²) in [5.41, 5.74) is 0.503.